The molecule has 0 unspecified atom stereocenters. The first kappa shape index (κ1) is 5.69. The molecular weight excluding hydrogens is 114 g/mol. The van der Waals surface area contributed by atoms with Crippen molar-refractivity contribution in [2.75, 3.05) is 0 Å². The number of hydrogen-bond acceptors (Lipinski definition) is 2. The van der Waals surface area contributed by atoms with Crippen molar-refractivity contribution in [2.45, 2.75) is 25.5 Å². The van der Waals surface area contributed by atoms with Gasteiger partial charge in [-0.15, -0.1) is 0 Å². The predicted octanol–water partition coefficient (Wildman–Crippen LogP) is -0.0396. The highest BCUT2D eigenvalue weighted by molar-refractivity contribution is 5.09. The van der Waals surface area contributed by atoms with E-state index in [1.54, 1.807) is 0 Å². The molecule has 2 aliphatic rings. The number of aliphatic hydroxyl groups excluding tert-OH is 1. The quantitative estimate of drug-likeness (QED) is 0.479. The third-order valence-corrected chi connectivity index (χ3v) is 2.97. The molecule has 2 fully saturated rings. The van der Waals surface area contributed by atoms with E-state index in [0.29, 0.717) is 23.8 Å². The number of fused-ring (bicyclic) bond motifs is 1. The molecule has 0 aromatic rings. The molecule has 2 nitrogen and oxygen atoms in total. The van der Waals surface area contributed by atoms with Crippen LogP contribution in [0.15, 0.2) is 0 Å². The summed E-state index contributed by atoms with van der Waals surface area (Å²) < 4.78 is 0. The van der Waals surface area contributed by atoms with E-state index in [4.69, 9.17) is 5.73 Å². The summed E-state index contributed by atoms with van der Waals surface area (Å²) in [5, 5.41) is 9.30. The van der Waals surface area contributed by atoms with Gasteiger partial charge >= 0.3 is 0 Å². The smallest absolute Gasteiger partial charge is 0.0589 e. The van der Waals surface area contributed by atoms with E-state index < -0.39 is 0 Å². The Hall–Kier alpha value is -0.0800. The zero-order valence-corrected chi connectivity index (χ0v) is 5.62. The van der Waals surface area contributed by atoms with E-state index in [0.717, 1.165) is 6.42 Å². The highest BCUT2D eigenvalue weighted by Gasteiger charge is 2.58. The molecule has 0 saturated heterocycles. The lowest BCUT2D eigenvalue weighted by molar-refractivity contribution is 0.149. The summed E-state index contributed by atoms with van der Waals surface area (Å²) in [7, 11) is 0. The number of rotatable bonds is 0. The van der Waals surface area contributed by atoms with Crippen LogP contribution in [-0.4, -0.2) is 17.3 Å². The lowest BCUT2D eigenvalue weighted by Crippen LogP contribution is -2.23. The molecule has 0 bridgehead atoms. The van der Waals surface area contributed by atoms with Crippen LogP contribution in [0.25, 0.3) is 0 Å². The van der Waals surface area contributed by atoms with Gasteiger partial charge in [-0.2, -0.15) is 0 Å². The molecule has 0 amide bonds. The first-order chi connectivity index (χ1) is 4.22. The summed E-state index contributed by atoms with van der Waals surface area (Å²) in [5.74, 6) is 1.91. The topological polar surface area (TPSA) is 46.2 Å². The molecule has 2 rings (SSSR count). The molecule has 0 aliphatic heterocycles. The monoisotopic (exact) mass is 127 g/mol. The molecule has 2 heteroatoms. The molecule has 0 heterocycles. The summed E-state index contributed by atoms with van der Waals surface area (Å²) in [5.41, 5.74) is 5.74. The Morgan fingerprint density at radius 3 is 2.33 bits per heavy atom. The maximum Gasteiger partial charge on any atom is 0.0589 e. The Morgan fingerprint density at radius 2 is 2.11 bits per heavy atom. The number of aliphatic hydroxyl groups is 1. The van der Waals surface area contributed by atoms with Crippen molar-refractivity contribution in [3.05, 3.63) is 0 Å². The van der Waals surface area contributed by atoms with Crippen LogP contribution >= 0.6 is 0 Å². The first-order valence-electron chi connectivity index (χ1n) is 3.65. The highest BCUT2D eigenvalue weighted by atomic mass is 16.3. The molecule has 0 aromatic heterocycles. The van der Waals surface area contributed by atoms with Crippen molar-refractivity contribution in [1.82, 2.24) is 0 Å². The summed E-state index contributed by atoms with van der Waals surface area (Å²) in [6, 6.07) is 0.292. The minimum Gasteiger partial charge on any atom is -0.393 e. The van der Waals surface area contributed by atoms with Crippen LogP contribution in [0, 0.1) is 17.8 Å². The van der Waals surface area contributed by atoms with Crippen molar-refractivity contribution in [3.8, 4) is 0 Å². The fourth-order valence-electron chi connectivity index (χ4n) is 2.40. The SMILES string of the molecule is C[C@H]1[C@@H]2[C@H]1[C@@H](N)C[C@H]2O. The van der Waals surface area contributed by atoms with E-state index in [-0.39, 0.29) is 6.10 Å². The van der Waals surface area contributed by atoms with Crippen LogP contribution in [-0.2, 0) is 0 Å². The summed E-state index contributed by atoms with van der Waals surface area (Å²) in [4.78, 5) is 0. The molecule has 52 valence electrons. The van der Waals surface area contributed by atoms with E-state index >= 15 is 0 Å². The maximum atomic E-state index is 9.30. The highest BCUT2D eigenvalue weighted by Crippen LogP contribution is 2.56. The average Bonchev–Trinajstić information content (AvgIpc) is 2.30. The van der Waals surface area contributed by atoms with Gasteiger partial charge in [0.05, 0.1) is 6.10 Å². The number of nitrogens with two attached hydrogens (primary N) is 1. The van der Waals surface area contributed by atoms with Gasteiger partial charge in [-0.1, -0.05) is 6.92 Å². The van der Waals surface area contributed by atoms with E-state index in [2.05, 4.69) is 6.92 Å². The lowest BCUT2D eigenvalue weighted by Gasteiger charge is -2.08. The summed E-state index contributed by atoms with van der Waals surface area (Å²) in [6.45, 7) is 2.18. The van der Waals surface area contributed by atoms with Crippen LogP contribution in [0.4, 0.5) is 0 Å². The van der Waals surface area contributed by atoms with Crippen LogP contribution in [0.2, 0.25) is 0 Å². The average molecular weight is 127 g/mol. The third-order valence-electron chi connectivity index (χ3n) is 2.97. The lowest BCUT2D eigenvalue weighted by atomic mass is 10.1. The fraction of sp³-hybridized carbons (Fsp3) is 1.00. The van der Waals surface area contributed by atoms with Crippen molar-refractivity contribution in [2.24, 2.45) is 23.5 Å². The summed E-state index contributed by atoms with van der Waals surface area (Å²) >= 11 is 0. The van der Waals surface area contributed by atoms with Gasteiger partial charge in [0.2, 0.25) is 0 Å². The predicted molar refractivity (Wildman–Crippen MR) is 34.7 cm³/mol. The van der Waals surface area contributed by atoms with Crippen molar-refractivity contribution in [3.63, 3.8) is 0 Å². The van der Waals surface area contributed by atoms with Gasteiger partial charge in [-0.3, -0.25) is 0 Å². The molecule has 0 spiro atoms. The molecule has 9 heavy (non-hydrogen) atoms. The zero-order valence-electron chi connectivity index (χ0n) is 5.62. The third kappa shape index (κ3) is 0.578. The summed E-state index contributed by atoms with van der Waals surface area (Å²) in [6.07, 6.45) is 0.750. The van der Waals surface area contributed by atoms with E-state index in [9.17, 15) is 5.11 Å². The molecule has 0 aromatic carbocycles. The van der Waals surface area contributed by atoms with Crippen molar-refractivity contribution < 1.29 is 5.11 Å². The minimum absolute atomic E-state index is 0.0833. The molecular formula is C7H13NO. The normalized spacial score (nSPS) is 63.7. The Bertz CT molecular complexity index is 123. The zero-order chi connectivity index (χ0) is 6.59. The van der Waals surface area contributed by atoms with Gasteiger partial charge in [-0.25, -0.2) is 0 Å². The largest absolute Gasteiger partial charge is 0.393 e. The molecule has 3 N–H and O–H groups in total. The Morgan fingerprint density at radius 1 is 1.44 bits per heavy atom. The second-order valence-electron chi connectivity index (χ2n) is 3.48. The van der Waals surface area contributed by atoms with Crippen molar-refractivity contribution >= 4 is 0 Å². The molecule has 2 saturated carbocycles. The second-order valence-corrected chi connectivity index (χ2v) is 3.48. The van der Waals surface area contributed by atoms with Gasteiger partial charge in [-0.05, 0) is 24.2 Å². The first-order valence-corrected chi connectivity index (χ1v) is 3.65. The van der Waals surface area contributed by atoms with Crippen LogP contribution in [0.5, 0.6) is 0 Å². The standard InChI is InChI=1S/C7H13NO/c1-3-6-4(8)2-5(9)7(3)6/h3-7,9H,2,8H2,1H3/t3-,4+,5-,6-,7+/m1/s1. The second kappa shape index (κ2) is 1.50. The van der Waals surface area contributed by atoms with Crippen molar-refractivity contribution in [1.29, 1.82) is 0 Å². The minimum atomic E-state index is -0.0833. The maximum absolute atomic E-state index is 9.30. The van der Waals surface area contributed by atoms with Gasteiger partial charge in [0, 0.05) is 6.04 Å². The fourth-order valence-corrected chi connectivity index (χ4v) is 2.40. The number of hydrogen-bond donors (Lipinski definition) is 2. The molecule has 2 aliphatic carbocycles. The van der Waals surface area contributed by atoms with Gasteiger partial charge in [0.15, 0.2) is 0 Å². The molecule has 0 radical (unpaired) electrons. The van der Waals surface area contributed by atoms with Gasteiger partial charge in [0.1, 0.15) is 0 Å². The van der Waals surface area contributed by atoms with E-state index in [1.807, 2.05) is 0 Å². The van der Waals surface area contributed by atoms with Crippen LogP contribution in [0.1, 0.15) is 13.3 Å². The van der Waals surface area contributed by atoms with Crippen LogP contribution in [0.3, 0.4) is 0 Å². The molecule has 5 atom stereocenters. The van der Waals surface area contributed by atoms with E-state index in [1.165, 1.54) is 0 Å². The van der Waals surface area contributed by atoms with Gasteiger partial charge < -0.3 is 10.8 Å². The Balaban J connectivity index is 2.10. The Labute approximate surface area is 55.1 Å². The Kier molecular flexibility index (Phi) is 0.945. The van der Waals surface area contributed by atoms with Gasteiger partial charge in [0.25, 0.3) is 0 Å². The van der Waals surface area contributed by atoms with Crippen LogP contribution < -0.4 is 5.73 Å².